The molecule has 4 rings (SSSR count). The summed E-state index contributed by atoms with van der Waals surface area (Å²) in [6.45, 7) is 2.09. The van der Waals surface area contributed by atoms with Gasteiger partial charge in [0.05, 0.1) is 36.1 Å². The number of hydrogen-bond donors (Lipinski definition) is 3. The van der Waals surface area contributed by atoms with Gasteiger partial charge in [0.2, 0.25) is 0 Å². The second-order valence-electron chi connectivity index (χ2n) is 7.74. The molecule has 9 nitrogen and oxygen atoms in total. The molecule has 2 aromatic heterocycles. The van der Waals surface area contributed by atoms with Crippen molar-refractivity contribution in [2.75, 3.05) is 16.6 Å². The maximum Gasteiger partial charge on any atom is 0.357 e. The first kappa shape index (κ1) is 25.8. The van der Waals surface area contributed by atoms with Crippen LogP contribution in [0.25, 0.3) is 10.6 Å². The van der Waals surface area contributed by atoms with Crippen molar-refractivity contribution in [2.24, 2.45) is 0 Å². The minimum Gasteiger partial charge on any atom is -0.466 e. The van der Waals surface area contributed by atoms with E-state index in [0.29, 0.717) is 23.9 Å². The molecule has 0 bridgehead atoms. The van der Waals surface area contributed by atoms with Gasteiger partial charge in [0.15, 0.2) is 5.13 Å². The Labute approximate surface area is 217 Å². The summed E-state index contributed by atoms with van der Waals surface area (Å²) in [5, 5.41) is 8.81. The van der Waals surface area contributed by atoms with Crippen LogP contribution in [0.4, 0.5) is 10.8 Å². The van der Waals surface area contributed by atoms with Crippen LogP contribution in [0.5, 0.6) is 0 Å². The van der Waals surface area contributed by atoms with Crippen molar-refractivity contribution in [3.8, 4) is 10.6 Å². The smallest absolute Gasteiger partial charge is 0.357 e. The molecule has 2 aromatic carbocycles. The predicted molar refractivity (Wildman–Crippen MR) is 142 cm³/mol. The number of hydrogen-bond acceptors (Lipinski definition) is 9. The minimum absolute atomic E-state index is 0.105. The highest BCUT2D eigenvalue weighted by atomic mass is 32.2. The summed E-state index contributed by atoms with van der Waals surface area (Å²) < 4.78 is 38.2. The van der Waals surface area contributed by atoms with Gasteiger partial charge in [-0.15, -0.1) is 22.7 Å². The summed E-state index contributed by atoms with van der Waals surface area (Å²) in [4.78, 5) is 21.2. The Morgan fingerprint density at radius 2 is 1.81 bits per heavy atom. The lowest BCUT2D eigenvalue weighted by Gasteiger charge is -2.17. The maximum atomic E-state index is 11.8. The molecule has 1 unspecified atom stereocenters. The van der Waals surface area contributed by atoms with Crippen LogP contribution in [0.15, 0.2) is 65.4 Å². The molecule has 0 saturated heterocycles. The molecular formula is C24H24N4O5S3. The van der Waals surface area contributed by atoms with E-state index in [1.807, 2.05) is 45.8 Å². The van der Waals surface area contributed by atoms with Gasteiger partial charge in [0, 0.05) is 16.3 Å². The standard InChI is InChI=1S/C24H24N4O5S3/c1-2-33-22(29)13-19-14-35-24(25-19)27-20(12-16-8-10-18(11-9-16)28-36(30,31)32)21-15-34-23(26-21)17-6-4-3-5-7-17/h3-11,14-15,20,28H,2,12-13H2,1H3,(H,25,27)(H,30,31,32). The van der Waals surface area contributed by atoms with Crippen LogP contribution in [0.2, 0.25) is 0 Å². The van der Waals surface area contributed by atoms with Gasteiger partial charge < -0.3 is 10.1 Å². The van der Waals surface area contributed by atoms with Crippen LogP contribution in [0.3, 0.4) is 0 Å². The van der Waals surface area contributed by atoms with Gasteiger partial charge in [-0.25, -0.2) is 9.97 Å². The molecule has 1 atom stereocenters. The zero-order valence-electron chi connectivity index (χ0n) is 19.2. The van der Waals surface area contributed by atoms with Crippen LogP contribution in [-0.2, 0) is 32.7 Å². The Hall–Kier alpha value is -3.32. The van der Waals surface area contributed by atoms with Crippen molar-refractivity contribution in [3.63, 3.8) is 0 Å². The lowest BCUT2D eigenvalue weighted by atomic mass is 10.0. The van der Waals surface area contributed by atoms with Gasteiger partial charge in [0.25, 0.3) is 0 Å². The van der Waals surface area contributed by atoms with Gasteiger partial charge in [0.1, 0.15) is 5.01 Å². The lowest BCUT2D eigenvalue weighted by Crippen LogP contribution is -2.15. The van der Waals surface area contributed by atoms with Crippen molar-refractivity contribution in [1.29, 1.82) is 0 Å². The summed E-state index contributed by atoms with van der Waals surface area (Å²) >= 11 is 2.94. The van der Waals surface area contributed by atoms with E-state index in [-0.39, 0.29) is 24.1 Å². The summed E-state index contributed by atoms with van der Waals surface area (Å²) in [5.74, 6) is -0.323. The first-order valence-corrected chi connectivity index (χ1v) is 14.2. The van der Waals surface area contributed by atoms with E-state index in [2.05, 4.69) is 10.3 Å². The molecule has 0 aliphatic carbocycles. The number of rotatable bonds is 11. The van der Waals surface area contributed by atoms with Crippen molar-refractivity contribution in [3.05, 3.63) is 82.3 Å². The molecule has 0 saturated carbocycles. The number of carbonyl (C=O) groups is 1. The average molecular weight is 545 g/mol. The molecule has 0 aliphatic heterocycles. The van der Waals surface area contributed by atoms with E-state index >= 15 is 0 Å². The van der Waals surface area contributed by atoms with Crippen LogP contribution >= 0.6 is 22.7 Å². The molecule has 36 heavy (non-hydrogen) atoms. The molecule has 3 N–H and O–H groups in total. The van der Waals surface area contributed by atoms with Crippen molar-refractivity contribution in [1.82, 2.24) is 9.97 Å². The van der Waals surface area contributed by atoms with E-state index < -0.39 is 10.3 Å². The molecule has 0 fully saturated rings. The Kier molecular flexibility index (Phi) is 8.31. The highest BCUT2D eigenvalue weighted by molar-refractivity contribution is 7.87. The van der Waals surface area contributed by atoms with Gasteiger partial charge >= 0.3 is 16.3 Å². The van der Waals surface area contributed by atoms with Gasteiger partial charge in [-0.3, -0.25) is 14.1 Å². The Morgan fingerprint density at radius 3 is 2.50 bits per heavy atom. The van der Waals surface area contributed by atoms with Gasteiger partial charge in [-0.05, 0) is 31.0 Å². The number of nitrogens with zero attached hydrogens (tertiary/aromatic N) is 2. The third-order valence-corrected chi connectivity index (χ3v) is 7.25. The normalized spacial score (nSPS) is 12.2. The van der Waals surface area contributed by atoms with E-state index in [1.54, 1.807) is 42.5 Å². The second-order valence-corrected chi connectivity index (χ2v) is 10.6. The minimum atomic E-state index is -4.34. The van der Waals surface area contributed by atoms with E-state index in [1.165, 1.54) is 11.3 Å². The molecule has 0 spiro atoms. The third-order valence-electron chi connectivity index (χ3n) is 5.02. The number of benzene rings is 2. The molecule has 0 radical (unpaired) electrons. The average Bonchev–Trinajstić information content (AvgIpc) is 3.50. The largest absolute Gasteiger partial charge is 0.466 e. The number of aromatic nitrogens is 2. The molecule has 2 heterocycles. The Bertz CT molecular complexity index is 1400. The molecule has 0 amide bonds. The topological polar surface area (TPSA) is 131 Å². The summed E-state index contributed by atoms with van der Waals surface area (Å²) in [5.41, 5.74) is 3.67. The number of ether oxygens (including phenoxy) is 1. The number of esters is 1. The number of carbonyl (C=O) groups excluding carboxylic acids is 1. The lowest BCUT2D eigenvalue weighted by molar-refractivity contribution is -0.142. The van der Waals surface area contributed by atoms with E-state index in [0.717, 1.165) is 21.8 Å². The number of nitrogens with one attached hydrogen (secondary N) is 2. The van der Waals surface area contributed by atoms with Gasteiger partial charge in [-0.2, -0.15) is 8.42 Å². The molecular weight excluding hydrogens is 520 g/mol. The zero-order valence-corrected chi connectivity index (χ0v) is 21.7. The molecule has 4 aromatic rings. The fourth-order valence-corrected chi connectivity index (χ4v) is 5.52. The molecule has 0 aliphatic rings. The zero-order chi connectivity index (χ0) is 25.5. The number of anilines is 2. The van der Waals surface area contributed by atoms with Crippen molar-refractivity contribution >= 4 is 49.8 Å². The Balaban J connectivity index is 1.56. The molecule has 12 heteroatoms. The molecule has 188 valence electrons. The van der Waals surface area contributed by atoms with Crippen molar-refractivity contribution < 1.29 is 22.5 Å². The van der Waals surface area contributed by atoms with Crippen LogP contribution < -0.4 is 10.0 Å². The fourth-order valence-electron chi connectivity index (χ4n) is 3.45. The SMILES string of the molecule is CCOC(=O)Cc1csc(NC(Cc2ccc(NS(=O)(=O)O)cc2)c2csc(-c3ccccc3)n2)n1. The predicted octanol–water partition coefficient (Wildman–Crippen LogP) is 4.98. The van der Waals surface area contributed by atoms with Crippen LogP contribution in [0, 0.1) is 0 Å². The third kappa shape index (κ3) is 7.34. The quantitative estimate of drug-likeness (QED) is 0.178. The second kappa shape index (κ2) is 11.6. The highest BCUT2D eigenvalue weighted by Gasteiger charge is 2.19. The van der Waals surface area contributed by atoms with E-state index in [9.17, 15) is 13.2 Å². The summed E-state index contributed by atoms with van der Waals surface area (Å²) in [7, 11) is -4.34. The monoisotopic (exact) mass is 544 g/mol. The maximum absolute atomic E-state index is 11.8. The Morgan fingerprint density at radius 1 is 1.06 bits per heavy atom. The highest BCUT2D eigenvalue weighted by Crippen LogP contribution is 2.31. The summed E-state index contributed by atoms with van der Waals surface area (Å²) in [6.07, 6.45) is 0.644. The fraction of sp³-hybridized carbons (Fsp3) is 0.208. The first-order chi connectivity index (χ1) is 17.3. The van der Waals surface area contributed by atoms with E-state index in [4.69, 9.17) is 14.3 Å². The van der Waals surface area contributed by atoms with Gasteiger partial charge in [-0.1, -0.05) is 42.5 Å². The summed E-state index contributed by atoms with van der Waals surface area (Å²) in [6, 6.07) is 16.4. The van der Waals surface area contributed by atoms with Crippen LogP contribution in [-0.4, -0.2) is 35.5 Å². The first-order valence-electron chi connectivity index (χ1n) is 11.0. The number of thiazole rings is 2. The van der Waals surface area contributed by atoms with Crippen molar-refractivity contribution in [2.45, 2.75) is 25.8 Å². The van der Waals surface area contributed by atoms with Crippen LogP contribution in [0.1, 0.15) is 29.9 Å².